The predicted molar refractivity (Wildman–Crippen MR) is 115 cm³/mol. The summed E-state index contributed by atoms with van der Waals surface area (Å²) in [6.07, 6.45) is 4.16. The fourth-order valence-electron chi connectivity index (χ4n) is 3.87. The summed E-state index contributed by atoms with van der Waals surface area (Å²) in [7, 11) is 0. The van der Waals surface area contributed by atoms with E-state index in [9.17, 15) is 4.79 Å². The zero-order chi connectivity index (χ0) is 20.0. The third-order valence-corrected chi connectivity index (χ3v) is 5.35. The molecule has 150 valence electrons. The number of unbranched alkanes of at least 4 members (excludes halogenated alkanes) is 3. The maximum Gasteiger partial charge on any atom is 0.412 e. The lowest BCUT2D eigenvalue weighted by Gasteiger charge is -2.22. The van der Waals surface area contributed by atoms with Gasteiger partial charge in [0.25, 0.3) is 0 Å². The Balaban J connectivity index is 1.64. The van der Waals surface area contributed by atoms with Crippen LogP contribution in [0.4, 0.5) is 10.5 Å². The van der Waals surface area contributed by atoms with Crippen LogP contribution in [0.25, 0.3) is 0 Å². The summed E-state index contributed by atoms with van der Waals surface area (Å²) >= 11 is 0. The third-order valence-electron chi connectivity index (χ3n) is 5.35. The summed E-state index contributed by atoms with van der Waals surface area (Å²) in [5.74, 6) is 0.611. The molecule has 1 heterocycles. The van der Waals surface area contributed by atoms with Crippen molar-refractivity contribution in [2.45, 2.75) is 58.4 Å². The summed E-state index contributed by atoms with van der Waals surface area (Å²) in [6.45, 7) is 9.17. The molecule has 0 saturated heterocycles. The number of anilines is 1. The van der Waals surface area contributed by atoms with E-state index >= 15 is 0 Å². The van der Waals surface area contributed by atoms with Crippen LogP contribution in [0.3, 0.4) is 0 Å². The molecule has 2 aromatic carbocycles. The van der Waals surface area contributed by atoms with E-state index < -0.39 is 0 Å². The van der Waals surface area contributed by atoms with Gasteiger partial charge in [-0.15, -0.1) is 0 Å². The van der Waals surface area contributed by atoms with Crippen molar-refractivity contribution in [3.05, 3.63) is 59.7 Å². The molecule has 0 saturated carbocycles. The van der Waals surface area contributed by atoms with Crippen molar-refractivity contribution in [2.24, 2.45) is 0 Å². The lowest BCUT2D eigenvalue weighted by molar-refractivity contribution is 0.200. The van der Waals surface area contributed by atoms with Crippen LogP contribution in [0.5, 0.6) is 5.75 Å². The van der Waals surface area contributed by atoms with Crippen LogP contribution in [-0.2, 0) is 12.0 Å². The fourth-order valence-corrected chi connectivity index (χ4v) is 3.87. The monoisotopic (exact) mass is 380 g/mol. The molecule has 0 unspecified atom stereocenters. The number of nitrogens with one attached hydrogen (secondary N) is 1. The average Bonchev–Trinajstić information content (AvgIpc) is 2.92. The van der Waals surface area contributed by atoms with Crippen molar-refractivity contribution in [2.75, 3.05) is 18.0 Å². The summed E-state index contributed by atoms with van der Waals surface area (Å²) < 4.78 is 5.52. The molecule has 4 heteroatoms. The number of fused-ring (bicyclic) bond motifs is 1. The number of hydrogen-bond acceptors (Lipinski definition) is 3. The molecule has 0 spiro atoms. The highest BCUT2D eigenvalue weighted by Gasteiger charge is 2.35. The van der Waals surface area contributed by atoms with E-state index in [1.165, 1.54) is 29.7 Å². The van der Waals surface area contributed by atoms with Gasteiger partial charge >= 0.3 is 6.09 Å². The highest BCUT2D eigenvalue weighted by Crippen LogP contribution is 2.42. The molecule has 0 fully saturated rings. The van der Waals surface area contributed by atoms with Crippen molar-refractivity contribution in [3.8, 4) is 5.75 Å². The summed E-state index contributed by atoms with van der Waals surface area (Å²) in [4.78, 5) is 14.5. The minimum atomic E-state index is -0.367. The van der Waals surface area contributed by atoms with E-state index in [1.807, 2.05) is 18.2 Å². The molecule has 1 aliphatic heterocycles. The highest BCUT2D eigenvalue weighted by molar-refractivity contribution is 5.72. The average molecular weight is 381 g/mol. The van der Waals surface area contributed by atoms with Crippen LogP contribution in [0.15, 0.2) is 48.5 Å². The number of hydrogen-bond donors (Lipinski definition) is 1. The smallest absolute Gasteiger partial charge is 0.410 e. The Kier molecular flexibility index (Phi) is 6.61. The van der Waals surface area contributed by atoms with Gasteiger partial charge in [-0.3, -0.25) is 0 Å². The minimum absolute atomic E-state index is 0.0140. The van der Waals surface area contributed by atoms with E-state index in [0.717, 1.165) is 25.9 Å². The van der Waals surface area contributed by atoms with Crippen molar-refractivity contribution < 1.29 is 9.53 Å². The normalized spacial score (nSPS) is 14.6. The van der Waals surface area contributed by atoms with Crippen molar-refractivity contribution in [1.29, 1.82) is 0 Å². The quantitative estimate of drug-likeness (QED) is 0.601. The zero-order valence-corrected chi connectivity index (χ0v) is 17.3. The van der Waals surface area contributed by atoms with Gasteiger partial charge in [0.15, 0.2) is 0 Å². The maximum atomic E-state index is 12.1. The van der Waals surface area contributed by atoms with Gasteiger partial charge in [0.05, 0.1) is 0 Å². The first-order valence-corrected chi connectivity index (χ1v) is 10.4. The van der Waals surface area contributed by atoms with Crippen LogP contribution in [0, 0.1) is 0 Å². The molecule has 0 aliphatic carbocycles. The Morgan fingerprint density at radius 1 is 1.11 bits per heavy atom. The second-order valence-corrected chi connectivity index (χ2v) is 8.28. The van der Waals surface area contributed by atoms with Gasteiger partial charge in [-0.25, -0.2) is 4.79 Å². The van der Waals surface area contributed by atoms with Gasteiger partial charge in [-0.2, -0.15) is 0 Å². The van der Waals surface area contributed by atoms with E-state index in [-0.39, 0.29) is 11.5 Å². The van der Waals surface area contributed by atoms with Crippen molar-refractivity contribution in [1.82, 2.24) is 5.32 Å². The Morgan fingerprint density at radius 2 is 1.89 bits per heavy atom. The molecule has 3 rings (SSSR count). The van der Waals surface area contributed by atoms with E-state index in [2.05, 4.69) is 61.3 Å². The fraction of sp³-hybridized carbons (Fsp3) is 0.458. The van der Waals surface area contributed by atoms with E-state index in [0.29, 0.717) is 12.3 Å². The second kappa shape index (κ2) is 9.13. The van der Waals surface area contributed by atoms with Gasteiger partial charge in [0, 0.05) is 30.7 Å². The lowest BCUT2D eigenvalue weighted by Crippen LogP contribution is -2.28. The van der Waals surface area contributed by atoms with E-state index in [1.54, 1.807) is 0 Å². The third kappa shape index (κ3) is 5.06. The second-order valence-electron chi connectivity index (χ2n) is 8.28. The Labute approximate surface area is 168 Å². The van der Waals surface area contributed by atoms with Crippen LogP contribution < -0.4 is 15.0 Å². The number of rotatable bonds is 8. The van der Waals surface area contributed by atoms with Crippen LogP contribution in [0.2, 0.25) is 0 Å². The van der Waals surface area contributed by atoms with Crippen LogP contribution in [0.1, 0.15) is 57.6 Å². The summed E-state index contributed by atoms with van der Waals surface area (Å²) in [6, 6.07) is 16.5. The number of benzene rings is 2. The highest BCUT2D eigenvalue weighted by atomic mass is 16.6. The van der Waals surface area contributed by atoms with Crippen molar-refractivity contribution in [3.63, 3.8) is 0 Å². The van der Waals surface area contributed by atoms with Gasteiger partial charge < -0.3 is 15.0 Å². The molecule has 4 nitrogen and oxygen atoms in total. The molecule has 0 atom stereocenters. The number of ether oxygens (including phenoxy) is 1. The Morgan fingerprint density at radius 3 is 2.64 bits per heavy atom. The topological polar surface area (TPSA) is 41.6 Å². The molecular weight excluding hydrogens is 348 g/mol. The van der Waals surface area contributed by atoms with Gasteiger partial charge in [-0.05, 0) is 35.7 Å². The summed E-state index contributed by atoms with van der Waals surface area (Å²) in [5.41, 5.74) is 3.77. The molecule has 1 amide bonds. The molecule has 1 N–H and O–H groups in total. The number of amides is 1. The first-order valence-electron chi connectivity index (χ1n) is 10.4. The molecular formula is C24H32N2O2. The first kappa shape index (κ1) is 20.2. The van der Waals surface area contributed by atoms with E-state index in [4.69, 9.17) is 4.74 Å². The number of carbonyl (C=O) groups is 1. The van der Waals surface area contributed by atoms with Crippen LogP contribution in [-0.4, -0.2) is 19.2 Å². The first-order chi connectivity index (χ1) is 13.5. The van der Waals surface area contributed by atoms with Crippen LogP contribution >= 0.6 is 0 Å². The van der Waals surface area contributed by atoms with Gasteiger partial charge in [0.1, 0.15) is 5.75 Å². The SMILES string of the molecule is CCCCCCNC(=O)Oc1ccc2c(c1)C(C)(C)CN2Cc1ccccc1. The molecule has 0 radical (unpaired) electrons. The minimum Gasteiger partial charge on any atom is -0.410 e. The molecule has 1 aliphatic rings. The number of nitrogens with zero attached hydrogens (tertiary/aromatic N) is 1. The van der Waals surface area contributed by atoms with Gasteiger partial charge in [0.2, 0.25) is 0 Å². The van der Waals surface area contributed by atoms with Gasteiger partial charge in [-0.1, -0.05) is 70.4 Å². The number of carbonyl (C=O) groups excluding carboxylic acids is 1. The molecule has 0 aromatic heterocycles. The molecule has 2 aromatic rings. The zero-order valence-electron chi connectivity index (χ0n) is 17.3. The predicted octanol–water partition coefficient (Wildman–Crippen LogP) is 5.65. The summed E-state index contributed by atoms with van der Waals surface area (Å²) in [5, 5.41) is 2.85. The van der Waals surface area contributed by atoms with Crippen molar-refractivity contribution >= 4 is 11.8 Å². The Hall–Kier alpha value is -2.49. The maximum absolute atomic E-state index is 12.1. The lowest BCUT2D eigenvalue weighted by atomic mass is 9.87. The molecule has 0 bridgehead atoms. The standard InChI is InChI=1S/C24H32N2O2/c1-4-5-6-10-15-25-23(27)28-20-13-14-22-21(16-20)24(2,3)18-26(22)17-19-11-8-7-9-12-19/h7-9,11-14,16H,4-6,10,15,17-18H2,1-3H3,(H,25,27). The Bertz CT molecular complexity index is 786. The largest absolute Gasteiger partial charge is 0.412 e. The molecule has 28 heavy (non-hydrogen) atoms.